The standard InChI is InChI=1S/C26H38N2O3/c1-6-16-28-21(18-26(5)22(28)14-10-11-15-23(26)29)20(17-19-12-8-7-9-13-19)27-24(30)31-25(2,3)4/h6-9,12-13,20-22H,1,10-11,14-18H2,2-5H3,(H,27,30)/t20-,21?,22?,26?/m1/s1. The van der Waals surface area contributed by atoms with E-state index in [0.29, 0.717) is 25.2 Å². The van der Waals surface area contributed by atoms with Gasteiger partial charge in [0.1, 0.15) is 11.4 Å². The first-order chi connectivity index (χ1) is 14.6. The first-order valence-electron chi connectivity index (χ1n) is 11.6. The molecule has 3 unspecified atom stereocenters. The Balaban J connectivity index is 1.92. The third kappa shape index (κ3) is 5.57. The third-order valence-electron chi connectivity index (χ3n) is 6.77. The van der Waals surface area contributed by atoms with Crippen LogP contribution in [-0.2, 0) is 16.0 Å². The summed E-state index contributed by atoms with van der Waals surface area (Å²) in [6.07, 6.45) is 6.65. The number of benzene rings is 1. The molecule has 1 saturated carbocycles. The molecule has 1 aliphatic heterocycles. The molecule has 0 aromatic heterocycles. The summed E-state index contributed by atoms with van der Waals surface area (Å²) in [4.78, 5) is 28.3. The Hall–Kier alpha value is -2.14. The van der Waals surface area contributed by atoms with E-state index < -0.39 is 11.7 Å². The van der Waals surface area contributed by atoms with E-state index in [1.807, 2.05) is 45.0 Å². The van der Waals surface area contributed by atoms with Gasteiger partial charge in [-0.25, -0.2) is 4.79 Å². The Morgan fingerprint density at radius 2 is 2.03 bits per heavy atom. The van der Waals surface area contributed by atoms with Gasteiger partial charge in [-0.2, -0.15) is 0 Å². The van der Waals surface area contributed by atoms with E-state index in [0.717, 1.165) is 31.2 Å². The van der Waals surface area contributed by atoms with Gasteiger partial charge in [-0.3, -0.25) is 9.69 Å². The van der Waals surface area contributed by atoms with Crippen LogP contribution in [0.5, 0.6) is 0 Å². The molecule has 2 aliphatic rings. The molecule has 1 heterocycles. The minimum atomic E-state index is -0.564. The minimum Gasteiger partial charge on any atom is -0.444 e. The molecule has 1 N–H and O–H groups in total. The molecule has 1 amide bonds. The fraction of sp³-hybridized carbons (Fsp3) is 0.615. The van der Waals surface area contributed by atoms with Gasteiger partial charge in [0.05, 0.1) is 6.04 Å². The molecule has 1 aromatic rings. The van der Waals surface area contributed by atoms with E-state index in [2.05, 4.69) is 35.9 Å². The van der Waals surface area contributed by atoms with Gasteiger partial charge >= 0.3 is 6.09 Å². The van der Waals surface area contributed by atoms with Crippen molar-refractivity contribution in [2.24, 2.45) is 5.41 Å². The van der Waals surface area contributed by atoms with Gasteiger partial charge in [-0.05, 0) is 52.0 Å². The molecule has 3 rings (SSSR count). The van der Waals surface area contributed by atoms with Crippen molar-refractivity contribution in [2.45, 2.75) is 89.9 Å². The maximum absolute atomic E-state index is 13.1. The van der Waals surface area contributed by atoms with Crippen LogP contribution in [0.3, 0.4) is 0 Å². The first kappa shape index (κ1) is 23.5. The fourth-order valence-electron chi connectivity index (χ4n) is 5.37. The number of likely N-dealkylation sites (tertiary alicyclic amines) is 1. The summed E-state index contributed by atoms with van der Waals surface area (Å²) < 4.78 is 5.59. The van der Waals surface area contributed by atoms with Gasteiger partial charge in [0.15, 0.2) is 0 Å². The lowest BCUT2D eigenvalue weighted by Gasteiger charge is -2.36. The summed E-state index contributed by atoms with van der Waals surface area (Å²) in [5.41, 5.74) is 0.214. The molecule has 2 fully saturated rings. The van der Waals surface area contributed by atoms with Crippen molar-refractivity contribution in [2.75, 3.05) is 6.54 Å². The first-order valence-corrected chi connectivity index (χ1v) is 11.6. The lowest BCUT2D eigenvalue weighted by Crippen LogP contribution is -2.53. The van der Waals surface area contributed by atoms with E-state index >= 15 is 0 Å². The number of nitrogens with zero attached hydrogens (tertiary/aromatic N) is 1. The van der Waals surface area contributed by atoms with E-state index in [-0.39, 0.29) is 23.5 Å². The smallest absolute Gasteiger partial charge is 0.407 e. The Morgan fingerprint density at radius 1 is 1.32 bits per heavy atom. The molecule has 5 nitrogen and oxygen atoms in total. The summed E-state index contributed by atoms with van der Waals surface area (Å²) in [6.45, 7) is 12.4. The third-order valence-corrected chi connectivity index (χ3v) is 6.77. The molecular weight excluding hydrogens is 388 g/mol. The zero-order valence-corrected chi connectivity index (χ0v) is 19.5. The molecule has 5 heteroatoms. The number of ether oxygens (including phenoxy) is 1. The molecule has 1 saturated heterocycles. The van der Waals surface area contributed by atoms with Gasteiger partial charge in [-0.15, -0.1) is 6.58 Å². The number of amides is 1. The van der Waals surface area contributed by atoms with Crippen molar-refractivity contribution in [1.82, 2.24) is 10.2 Å². The number of alkyl carbamates (subject to hydrolysis) is 1. The van der Waals surface area contributed by atoms with Crippen molar-refractivity contribution in [3.8, 4) is 0 Å². The largest absolute Gasteiger partial charge is 0.444 e. The molecule has 4 atom stereocenters. The Bertz CT molecular complexity index is 786. The van der Waals surface area contributed by atoms with Gasteiger partial charge < -0.3 is 10.1 Å². The monoisotopic (exact) mass is 426 g/mol. The highest BCUT2D eigenvalue weighted by Gasteiger charge is 2.54. The maximum atomic E-state index is 13.1. The van der Waals surface area contributed by atoms with E-state index in [9.17, 15) is 9.59 Å². The molecule has 0 radical (unpaired) electrons. The van der Waals surface area contributed by atoms with Gasteiger partial charge in [0.25, 0.3) is 0 Å². The normalized spacial score (nSPS) is 27.8. The van der Waals surface area contributed by atoms with Crippen molar-refractivity contribution in [3.05, 3.63) is 48.6 Å². The highest BCUT2D eigenvalue weighted by molar-refractivity contribution is 5.86. The van der Waals surface area contributed by atoms with Crippen LogP contribution in [0.1, 0.15) is 65.4 Å². The zero-order chi connectivity index (χ0) is 22.6. The summed E-state index contributed by atoms with van der Waals surface area (Å²) in [5, 5.41) is 3.16. The Kier molecular flexibility index (Phi) is 7.25. The molecule has 31 heavy (non-hydrogen) atoms. The molecule has 1 aromatic carbocycles. The second-order valence-electron chi connectivity index (χ2n) is 10.3. The quantitative estimate of drug-likeness (QED) is 0.657. The number of Topliss-reactive ketones (excluding diaryl/α,β-unsaturated/α-hetero) is 1. The van der Waals surface area contributed by atoms with Crippen LogP contribution in [-0.4, -0.2) is 47.0 Å². The predicted molar refractivity (Wildman–Crippen MR) is 124 cm³/mol. The van der Waals surface area contributed by atoms with Crippen molar-refractivity contribution in [3.63, 3.8) is 0 Å². The van der Waals surface area contributed by atoms with Crippen LogP contribution in [0.4, 0.5) is 4.79 Å². The molecular formula is C26H38N2O3. The zero-order valence-electron chi connectivity index (χ0n) is 19.5. The number of rotatable bonds is 6. The number of hydrogen-bond acceptors (Lipinski definition) is 4. The number of carbonyl (C=O) groups is 2. The summed E-state index contributed by atoms with van der Waals surface area (Å²) in [5.74, 6) is 0.363. The van der Waals surface area contributed by atoms with Crippen molar-refractivity contribution in [1.29, 1.82) is 0 Å². The van der Waals surface area contributed by atoms with E-state index in [1.165, 1.54) is 0 Å². The average Bonchev–Trinajstić information content (AvgIpc) is 2.88. The number of carbonyl (C=O) groups excluding carboxylic acids is 2. The highest BCUT2D eigenvalue weighted by atomic mass is 16.6. The topological polar surface area (TPSA) is 58.6 Å². The van der Waals surface area contributed by atoms with Crippen LogP contribution in [0.25, 0.3) is 0 Å². The predicted octanol–water partition coefficient (Wildman–Crippen LogP) is 4.90. The van der Waals surface area contributed by atoms with Gasteiger partial charge in [0, 0.05) is 30.5 Å². The Morgan fingerprint density at radius 3 is 2.68 bits per heavy atom. The summed E-state index contributed by atoms with van der Waals surface area (Å²) >= 11 is 0. The summed E-state index contributed by atoms with van der Waals surface area (Å²) in [6, 6.07) is 10.3. The summed E-state index contributed by atoms with van der Waals surface area (Å²) in [7, 11) is 0. The average molecular weight is 427 g/mol. The van der Waals surface area contributed by atoms with E-state index in [1.54, 1.807) is 0 Å². The minimum absolute atomic E-state index is 0.0442. The second-order valence-corrected chi connectivity index (χ2v) is 10.3. The number of fused-ring (bicyclic) bond motifs is 1. The number of hydrogen-bond donors (Lipinski definition) is 1. The SMILES string of the molecule is C=CCN1C([C@@H](Cc2ccccc2)NC(=O)OC(C)(C)C)CC2(C)C(=O)CCCCC12. The van der Waals surface area contributed by atoms with Crippen LogP contribution >= 0.6 is 0 Å². The highest BCUT2D eigenvalue weighted by Crippen LogP contribution is 2.47. The number of ketones is 1. The fourth-order valence-corrected chi connectivity index (χ4v) is 5.37. The van der Waals surface area contributed by atoms with Crippen LogP contribution in [0, 0.1) is 5.41 Å². The van der Waals surface area contributed by atoms with Crippen LogP contribution in [0.2, 0.25) is 0 Å². The molecule has 170 valence electrons. The van der Waals surface area contributed by atoms with E-state index in [4.69, 9.17) is 4.74 Å². The molecule has 0 bridgehead atoms. The number of nitrogens with one attached hydrogen (secondary N) is 1. The van der Waals surface area contributed by atoms with Crippen LogP contribution < -0.4 is 5.32 Å². The molecule has 0 spiro atoms. The molecule has 1 aliphatic carbocycles. The van der Waals surface area contributed by atoms with Gasteiger partial charge in [0.2, 0.25) is 0 Å². The Labute approximate surface area is 187 Å². The van der Waals surface area contributed by atoms with Crippen molar-refractivity contribution >= 4 is 11.9 Å². The van der Waals surface area contributed by atoms with Crippen molar-refractivity contribution < 1.29 is 14.3 Å². The second kappa shape index (κ2) is 9.56. The van der Waals surface area contributed by atoms with Gasteiger partial charge in [-0.1, -0.05) is 49.8 Å². The lowest BCUT2D eigenvalue weighted by molar-refractivity contribution is -0.128. The maximum Gasteiger partial charge on any atom is 0.407 e. The van der Waals surface area contributed by atoms with Crippen LogP contribution in [0.15, 0.2) is 43.0 Å². The lowest BCUT2D eigenvalue weighted by atomic mass is 9.76.